The van der Waals surface area contributed by atoms with Crippen molar-refractivity contribution in [3.05, 3.63) is 294 Å². The van der Waals surface area contributed by atoms with E-state index in [2.05, 4.69) is 327 Å². The predicted molar refractivity (Wildman–Crippen MR) is 360 cm³/mol. The first-order valence-corrected chi connectivity index (χ1v) is 30.7. The summed E-state index contributed by atoms with van der Waals surface area (Å²) >= 11 is 0. The summed E-state index contributed by atoms with van der Waals surface area (Å²) in [5.41, 5.74) is 22.0. The number of hydrogen-bond acceptors (Lipinski definition) is 4. The number of hydrogen-bond donors (Lipinski definition) is 0. The number of pyridine rings is 1. The Morgan fingerprint density at radius 1 is 0.489 bits per heavy atom. The van der Waals surface area contributed by atoms with Crippen LogP contribution in [0.5, 0.6) is 11.5 Å². The molecule has 0 saturated carbocycles. The van der Waals surface area contributed by atoms with Gasteiger partial charge in [0, 0.05) is 72.5 Å². The fourth-order valence-electron chi connectivity index (χ4n) is 15.0. The summed E-state index contributed by atoms with van der Waals surface area (Å²) in [6.45, 7) is 25.4. The number of para-hydroxylation sites is 3. The molecule has 0 atom stereocenters. The van der Waals surface area contributed by atoms with Crippen molar-refractivity contribution < 1.29 is 25.8 Å². The SMILES string of the molecule is CC(C)(C)c1ccc(C2(c3cc(-c4ccccc4)c(N4[CH-]N(c5[c-]c(Oc6[c-]c7c(cc6)c6ccccc6n7-c6cc(C(C)(C)C)ccn6)c6c(c5)C(C)(C)CC6(C)C)c5ccccc54)c(-c4ccccc4)c3)c3ccccc3-c3ccccc32)cc1.[Pt]. The zero-order valence-corrected chi connectivity index (χ0v) is 54.0. The van der Waals surface area contributed by atoms with Gasteiger partial charge in [-0.2, -0.15) is 6.07 Å². The molecule has 0 bridgehead atoms. The van der Waals surface area contributed by atoms with Crippen LogP contribution >= 0.6 is 0 Å². The molecule has 0 N–H and O–H groups in total. The predicted octanol–water partition coefficient (Wildman–Crippen LogP) is 21.2. The molecule has 2 aromatic heterocycles. The molecule has 15 rings (SSSR count). The Kier molecular flexibility index (Phi) is 13.6. The van der Waals surface area contributed by atoms with Crippen molar-refractivity contribution in [1.82, 2.24) is 9.55 Å². The molecule has 0 radical (unpaired) electrons. The molecule has 88 heavy (non-hydrogen) atoms. The van der Waals surface area contributed by atoms with Gasteiger partial charge in [0.25, 0.3) is 0 Å². The van der Waals surface area contributed by atoms with Crippen molar-refractivity contribution in [2.75, 3.05) is 9.80 Å². The average Bonchev–Trinajstić information content (AvgIpc) is 1.97. The molecule has 0 saturated heterocycles. The van der Waals surface area contributed by atoms with Gasteiger partial charge in [0.15, 0.2) is 0 Å². The average molecular weight is 1320 g/mol. The van der Waals surface area contributed by atoms with E-state index in [1.54, 1.807) is 0 Å². The quantitative estimate of drug-likeness (QED) is 0.135. The van der Waals surface area contributed by atoms with Gasteiger partial charge < -0.3 is 19.1 Å². The van der Waals surface area contributed by atoms with Gasteiger partial charge in [-0.05, 0) is 126 Å². The first kappa shape index (κ1) is 57.0. The van der Waals surface area contributed by atoms with E-state index < -0.39 is 5.41 Å². The van der Waals surface area contributed by atoms with Gasteiger partial charge in [0.2, 0.25) is 0 Å². The third kappa shape index (κ3) is 9.09. The van der Waals surface area contributed by atoms with Gasteiger partial charge in [-0.15, -0.1) is 53.1 Å². The maximum atomic E-state index is 7.36. The molecule has 5 nitrogen and oxygen atoms in total. The van der Waals surface area contributed by atoms with Crippen LogP contribution in [0.1, 0.15) is 120 Å². The summed E-state index contributed by atoms with van der Waals surface area (Å²) in [7, 11) is 0. The second-order valence-electron chi connectivity index (χ2n) is 27.6. The first-order valence-electron chi connectivity index (χ1n) is 30.7. The van der Waals surface area contributed by atoms with E-state index >= 15 is 0 Å². The second-order valence-corrected chi connectivity index (χ2v) is 27.6. The van der Waals surface area contributed by atoms with Crippen molar-refractivity contribution in [2.45, 2.75) is 103 Å². The molecule has 6 heteroatoms. The van der Waals surface area contributed by atoms with Crippen LogP contribution in [0.4, 0.5) is 22.7 Å². The minimum absolute atomic E-state index is 0. The van der Waals surface area contributed by atoms with Crippen LogP contribution in [0.15, 0.2) is 231 Å². The normalized spacial score (nSPS) is 15.2. The Bertz CT molecular complexity index is 4590. The van der Waals surface area contributed by atoms with E-state index in [1.807, 2.05) is 6.20 Å². The zero-order valence-electron chi connectivity index (χ0n) is 51.7. The molecule has 0 spiro atoms. The van der Waals surface area contributed by atoms with Gasteiger partial charge in [0.1, 0.15) is 5.82 Å². The topological polar surface area (TPSA) is 33.5 Å². The Labute approximate surface area is 533 Å². The van der Waals surface area contributed by atoms with Crippen LogP contribution in [0.2, 0.25) is 0 Å². The fourth-order valence-corrected chi connectivity index (χ4v) is 15.0. The molecule has 1 aliphatic heterocycles. The monoisotopic (exact) mass is 1320 g/mol. The maximum absolute atomic E-state index is 7.36. The molecule has 3 aliphatic rings. The summed E-state index contributed by atoms with van der Waals surface area (Å²) in [5.74, 6) is 2.19. The Morgan fingerprint density at radius 2 is 1.06 bits per heavy atom. The van der Waals surface area contributed by atoms with E-state index in [0.717, 1.165) is 79.0 Å². The van der Waals surface area contributed by atoms with Crippen LogP contribution in [0, 0.1) is 18.8 Å². The minimum atomic E-state index is -0.656. The van der Waals surface area contributed by atoms with Crippen molar-refractivity contribution in [2.24, 2.45) is 0 Å². The van der Waals surface area contributed by atoms with Gasteiger partial charge in [-0.3, -0.25) is 0 Å². The van der Waals surface area contributed by atoms with Crippen molar-refractivity contribution in [3.8, 4) is 50.7 Å². The van der Waals surface area contributed by atoms with E-state index in [0.29, 0.717) is 11.5 Å². The number of aromatic nitrogens is 2. The molecular formula is C82H71N4OPt-3. The van der Waals surface area contributed by atoms with E-state index in [1.165, 1.54) is 55.6 Å². The number of anilines is 4. The van der Waals surface area contributed by atoms with Gasteiger partial charge in [-0.25, -0.2) is 4.98 Å². The van der Waals surface area contributed by atoms with Gasteiger partial charge >= 0.3 is 0 Å². The van der Waals surface area contributed by atoms with Crippen molar-refractivity contribution in [3.63, 3.8) is 0 Å². The maximum Gasteiger partial charge on any atom is 0.135 e. The minimum Gasteiger partial charge on any atom is -0.509 e. The van der Waals surface area contributed by atoms with Crippen LogP contribution in [-0.2, 0) is 48.1 Å². The van der Waals surface area contributed by atoms with Crippen LogP contribution in [-0.4, -0.2) is 9.55 Å². The molecule has 12 aromatic rings. The number of rotatable bonds is 9. The molecule has 0 amide bonds. The molecule has 438 valence electrons. The Balaban J connectivity index is 0.00000680. The third-order valence-electron chi connectivity index (χ3n) is 18.9. The second kappa shape index (κ2) is 21.0. The van der Waals surface area contributed by atoms with Crippen molar-refractivity contribution in [1.29, 1.82) is 0 Å². The summed E-state index contributed by atoms with van der Waals surface area (Å²) in [4.78, 5) is 9.76. The fraction of sp³-hybridized carbons (Fsp3) is 0.195. The zero-order chi connectivity index (χ0) is 59.8. The largest absolute Gasteiger partial charge is 0.509 e. The van der Waals surface area contributed by atoms with Crippen LogP contribution in [0.25, 0.3) is 61.0 Å². The standard InChI is InChI=1S/C82H71N4O.Pt/c1-78(2,3)55-37-39-56(40-38-55)82(67-32-20-17-29-61(67)62-30-18-21-33-68(62)82)58-45-65(53-25-13-11-14-26-53)77(66(46-58)54-27-15-12-16-28-54)85-52-84(71-35-23-24-36-72(71)85)59-48-69-76(81(9,10)51-80(69,7)8)74(49-59)87-60-41-42-64-63-31-19-22-34-70(63)86(73(64)50-60)75-47-57(43-44-83-75)79(4,5)6;/h11-48,52H,51H2,1-10H3;/q-3;. The van der Waals surface area contributed by atoms with Gasteiger partial charge in [0.05, 0.1) is 5.41 Å². The first-order chi connectivity index (χ1) is 41.9. The molecular weight excluding hydrogens is 1250 g/mol. The van der Waals surface area contributed by atoms with E-state index in [9.17, 15) is 0 Å². The Morgan fingerprint density at radius 3 is 1.68 bits per heavy atom. The summed E-state index contributed by atoms with van der Waals surface area (Å²) in [6, 6.07) is 90.9. The van der Waals surface area contributed by atoms with Gasteiger partial charge in [-0.1, -0.05) is 244 Å². The third-order valence-corrected chi connectivity index (χ3v) is 18.9. The number of fused-ring (bicyclic) bond motifs is 8. The summed E-state index contributed by atoms with van der Waals surface area (Å²) in [5, 5.41) is 2.23. The number of benzene rings is 10. The van der Waals surface area contributed by atoms with E-state index in [-0.39, 0.29) is 42.7 Å². The van der Waals surface area contributed by atoms with Crippen molar-refractivity contribution >= 4 is 44.6 Å². The number of nitrogens with zero attached hydrogens (tertiary/aromatic N) is 4. The van der Waals surface area contributed by atoms with Crippen LogP contribution in [0.3, 0.4) is 0 Å². The summed E-state index contributed by atoms with van der Waals surface area (Å²) < 4.78 is 9.60. The Hall–Kier alpha value is -8.76. The molecule has 0 fully saturated rings. The van der Waals surface area contributed by atoms with Crippen LogP contribution < -0.4 is 14.5 Å². The summed E-state index contributed by atoms with van der Waals surface area (Å²) in [6.07, 6.45) is 2.88. The number of ether oxygens (including phenoxy) is 1. The molecule has 10 aromatic carbocycles. The molecule has 2 aliphatic carbocycles. The smallest absolute Gasteiger partial charge is 0.135 e. The molecule has 3 heterocycles. The van der Waals surface area contributed by atoms with E-state index in [4.69, 9.17) is 9.72 Å². The molecule has 0 unspecified atom stereocenters.